The lowest BCUT2D eigenvalue weighted by molar-refractivity contribution is -0.137. The number of carbonyl (C=O) groups is 1. The number of nitrogen functional groups attached to an aromatic ring is 1. The van der Waals surface area contributed by atoms with Crippen LogP contribution in [0.5, 0.6) is 0 Å². The van der Waals surface area contributed by atoms with Crippen LogP contribution in [0.4, 0.5) is 30.8 Å². The molecule has 3 heterocycles. The Kier molecular flexibility index (Phi) is 5.15. The summed E-state index contributed by atoms with van der Waals surface area (Å²) in [5.74, 6) is 0.448. The summed E-state index contributed by atoms with van der Waals surface area (Å²) >= 11 is 0. The first kappa shape index (κ1) is 18.9. The summed E-state index contributed by atoms with van der Waals surface area (Å²) in [5, 5.41) is 2.76. The number of nitrogens with zero attached hydrogens (tertiary/aromatic N) is 4. The third-order valence-corrected chi connectivity index (χ3v) is 4.47. The minimum absolute atomic E-state index is 0.0141. The van der Waals surface area contributed by atoms with Gasteiger partial charge in [-0.1, -0.05) is 0 Å². The summed E-state index contributed by atoms with van der Waals surface area (Å²) in [6.45, 7) is 2.79. The highest BCUT2D eigenvalue weighted by molar-refractivity contribution is 5.73. The number of hydrogen-bond acceptors (Lipinski definition) is 6. The summed E-state index contributed by atoms with van der Waals surface area (Å²) in [7, 11) is 0. The number of hydrogen-bond donors (Lipinski definition) is 2. The Bertz CT molecular complexity index is 834. The van der Waals surface area contributed by atoms with E-state index >= 15 is 0 Å². The summed E-state index contributed by atoms with van der Waals surface area (Å²) in [6.07, 6.45) is -1.91. The van der Waals surface area contributed by atoms with Gasteiger partial charge in [0.05, 0.1) is 11.3 Å². The molecule has 1 saturated heterocycles. The normalized spacial score (nSPS) is 15.6. The van der Waals surface area contributed by atoms with E-state index in [9.17, 15) is 18.0 Å². The molecule has 7 nitrogen and oxygen atoms in total. The molecule has 0 atom stereocenters. The maximum atomic E-state index is 12.8. The average molecular weight is 380 g/mol. The van der Waals surface area contributed by atoms with Crippen LogP contribution in [-0.2, 0) is 11.0 Å². The second-order valence-corrected chi connectivity index (χ2v) is 6.37. The first-order valence-electron chi connectivity index (χ1n) is 8.42. The molecule has 3 rings (SSSR count). The lowest BCUT2D eigenvalue weighted by Crippen LogP contribution is -2.36. The van der Waals surface area contributed by atoms with Gasteiger partial charge in [0.2, 0.25) is 11.9 Å². The Morgan fingerprint density at radius 1 is 1.22 bits per heavy atom. The zero-order valence-electron chi connectivity index (χ0n) is 14.6. The standard InChI is InChI=1S/C17H19F3N6O/c1-10(27)26-6-3-11(4-7-26)13-9-15(25-16(21)23-13)24-14-8-12(2-5-22-14)17(18,19)20/h2,5,8-9,11H,3-4,6-7H2,1H3,(H3,21,22,23,24,25). The monoisotopic (exact) mass is 380 g/mol. The van der Waals surface area contributed by atoms with Crippen LogP contribution in [0.15, 0.2) is 24.4 Å². The van der Waals surface area contributed by atoms with E-state index in [1.807, 2.05) is 0 Å². The largest absolute Gasteiger partial charge is 0.416 e. The Hall–Kier alpha value is -2.91. The fourth-order valence-electron chi connectivity index (χ4n) is 3.06. The first-order chi connectivity index (χ1) is 12.7. The van der Waals surface area contributed by atoms with Gasteiger partial charge in [0.1, 0.15) is 11.6 Å². The summed E-state index contributed by atoms with van der Waals surface area (Å²) in [4.78, 5) is 25.4. The van der Waals surface area contributed by atoms with Crippen LogP contribution < -0.4 is 11.1 Å². The molecule has 2 aromatic rings. The minimum Gasteiger partial charge on any atom is -0.368 e. The molecule has 0 aliphatic carbocycles. The molecule has 0 spiro atoms. The predicted molar refractivity (Wildman–Crippen MR) is 93.2 cm³/mol. The van der Waals surface area contributed by atoms with Gasteiger partial charge in [0.15, 0.2) is 0 Å². The van der Waals surface area contributed by atoms with E-state index in [2.05, 4.69) is 20.3 Å². The highest BCUT2D eigenvalue weighted by atomic mass is 19.4. The van der Waals surface area contributed by atoms with Crippen LogP contribution in [-0.4, -0.2) is 38.8 Å². The third-order valence-electron chi connectivity index (χ3n) is 4.47. The van der Waals surface area contributed by atoms with Crippen LogP contribution in [0.2, 0.25) is 0 Å². The lowest BCUT2D eigenvalue weighted by Gasteiger charge is -2.31. The number of anilines is 3. The molecular formula is C17H19F3N6O. The summed E-state index contributed by atoms with van der Waals surface area (Å²) in [5.41, 5.74) is 5.66. The van der Waals surface area contributed by atoms with Gasteiger partial charge < -0.3 is 16.0 Å². The van der Waals surface area contributed by atoms with Gasteiger partial charge in [-0.3, -0.25) is 4.79 Å². The van der Waals surface area contributed by atoms with Crippen molar-refractivity contribution >= 4 is 23.5 Å². The molecule has 1 amide bonds. The molecule has 144 valence electrons. The van der Waals surface area contributed by atoms with Crippen LogP contribution in [0.1, 0.15) is 36.9 Å². The zero-order chi connectivity index (χ0) is 19.6. The van der Waals surface area contributed by atoms with Crippen molar-refractivity contribution in [2.24, 2.45) is 0 Å². The number of carbonyl (C=O) groups excluding carboxylic acids is 1. The van der Waals surface area contributed by atoms with Crippen LogP contribution in [0.3, 0.4) is 0 Å². The van der Waals surface area contributed by atoms with Gasteiger partial charge >= 0.3 is 6.18 Å². The molecule has 0 radical (unpaired) electrons. The SMILES string of the molecule is CC(=O)N1CCC(c2cc(Nc3cc(C(F)(F)F)ccn3)nc(N)n2)CC1. The average Bonchev–Trinajstić information content (AvgIpc) is 2.61. The number of halogens is 3. The van der Waals surface area contributed by atoms with E-state index in [-0.39, 0.29) is 29.4 Å². The number of likely N-dealkylation sites (tertiary alicyclic amines) is 1. The smallest absolute Gasteiger partial charge is 0.368 e. The third kappa shape index (κ3) is 4.63. The molecule has 0 bridgehead atoms. The van der Waals surface area contributed by atoms with Crippen molar-refractivity contribution in [3.63, 3.8) is 0 Å². The fraction of sp³-hybridized carbons (Fsp3) is 0.412. The minimum atomic E-state index is -4.46. The van der Waals surface area contributed by atoms with Crippen LogP contribution >= 0.6 is 0 Å². The molecular weight excluding hydrogens is 361 g/mol. The van der Waals surface area contributed by atoms with Gasteiger partial charge in [0.25, 0.3) is 0 Å². The molecule has 0 saturated carbocycles. The Morgan fingerprint density at radius 2 is 1.93 bits per heavy atom. The van der Waals surface area contributed by atoms with E-state index in [0.717, 1.165) is 31.2 Å². The number of nitrogens with one attached hydrogen (secondary N) is 1. The Balaban J connectivity index is 1.77. The first-order valence-corrected chi connectivity index (χ1v) is 8.42. The Labute approximate surface area is 153 Å². The molecule has 10 heteroatoms. The van der Waals surface area contributed by atoms with Crippen molar-refractivity contribution in [2.75, 3.05) is 24.1 Å². The van der Waals surface area contributed by atoms with Crippen LogP contribution in [0, 0.1) is 0 Å². The van der Waals surface area contributed by atoms with Gasteiger partial charge in [0, 0.05) is 38.2 Å². The van der Waals surface area contributed by atoms with Gasteiger partial charge in [-0.15, -0.1) is 0 Å². The zero-order valence-corrected chi connectivity index (χ0v) is 14.6. The Morgan fingerprint density at radius 3 is 2.56 bits per heavy atom. The summed E-state index contributed by atoms with van der Waals surface area (Å²) < 4.78 is 38.5. The molecule has 0 aromatic carbocycles. The number of piperidine rings is 1. The van der Waals surface area contributed by atoms with Gasteiger partial charge in [-0.25, -0.2) is 9.97 Å². The second-order valence-electron chi connectivity index (χ2n) is 6.37. The highest BCUT2D eigenvalue weighted by Gasteiger charge is 2.31. The van der Waals surface area contributed by atoms with Crippen molar-refractivity contribution in [1.29, 1.82) is 0 Å². The fourth-order valence-corrected chi connectivity index (χ4v) is 3.06. The lowest BCUT2D eigenvalue weighted by atomic mass is 9.93. The van der Waals surface area contributed by atoms with E-state index in [0.29, 0.717) is 18.8 Å². The second kappa shape index (κ2) is 7.37. The predicted octanol–water partition coefficient (Wildman–Crippen LogP) is 2.94. The number of pyridine rings is 1. The maximum absolute atomic E-state index is 12.8. The molecule has 0 unspecified atom stereocenters. The molecule has 1 aliphatic heterocycles. The maximum Gasteiger partial charge on any atom is 0.416 e. The number of alkyl halides is 3. The van der Waals surface area contributed by atoms with E-state index in [1.165, 1.54) is 6.92 Å². The van der Waals surface area contributed by atoms with E-state index in [4.69, 9.17) is 5.73 Å². The van der Waals surface area contributed by atoms with Crippen molar-refractivity contribution in [2.45, 2.75) is 31.9 Å². The molecule has 27 heavy (non-hydrogen) atoms. The van der Waals surface area contributed by atoms with Gasteiger partial charge in [-0.2, -0.15) is 18.2 Å². The van der Waals surface area contributed by atoms with Crippen molar-refractivity contribution in [3.05, 3.63) is 35.7 Å². The van der Waals surface area contributed by atoms with E-state index < -0.39 is 11.7 Å². The number of aromatic nitrogens is 3. The topological polar surface area (TPSA) is 97.0 Å². The molecule has 3 N–H and O–H groups in total. The van der Waals surface area contributed by atoms with Crippen LogP contribution in [0.25, 0.3) is 0 Å². The number of nitrogens with two attached hydrogens (primary N) is 1. The van der Waals surface area contributed by atoms with Crippen molar-refractivity contribution in [1.82, 2.24) is 19.9 Å². The number of amides is 1. The molecule has 1 fully saturated rings. The van der Waals surface area contributed by atoms with E-state index in [1.54, 1.807) is 11.0 Å². The van der Waals surface area contributed by atoms with Crippen molar-refractivity contribution < 1.29 is 18.0 Å². The molecule has 2 aromatic heterocycles. The molecule has 1 aliphatic rings. The van der Waals surface area contributed by atoms with Gasteiger partial charge in [-0.05, 0) is 25.0 Å². The quantitative estimate of drug-likeness (QED) is 0.850. The number of rotatable bonds is 3. The highest BCUT2D eigenvalue weighted by Crippen LogP contribution is 2.31. The van der Waals surface area contributed by atoms with Crippen molar-refractivity contribution in [3.8, 4) is 0 Å². The summed E-state index contributed by atoms with van der Waals surface area (Å²) in [6, 6.07) is 3.46.